The number of carbonyl (C=O) groups excluding carboxylic acids is 2. The van der Waals surface area contributed by atoms with Crippen molar-refractivity contribution in [2.75, 3.05) is 13.2 Å². The monoisotopic (exact) mass is 792 g/mol. The van der Waals surface area contributed by atoms with Crippen LogP contribution in [0.15, 0.2) is 12.2 Å². The highest BCUT2D eigenvalue weighted by atomic mass is 16.5. The summed E-state index contributed by atoms with van der Waals surface area (Å²) in [5, 5.41) is 23.1. The average Bonchev–Trinajstić information content (AvgIpc) is 3.20. The molecule has 0 aliphatic rings. The third kappa shape index (κ3) is 42.2. The number of amides is 1. The predicted octanol–water partition coefficient (Wildman–Crippen LogP) is 14.6. The quantitative estimate of drug-likeness (QED) is 0.0324. The maximum absolute atomic E-state index is 12.4. The van der Waals surface area contributed by atoms with Gasteiger partial charge in [-0.25, -0.2) is 0 Å². The van der Waals surface area contributed by atoms with E-state index in [1.54, 1.807) is 0 Å². The number of nitrogens with one attached hydrogen (secondary N) is 1. The second-order valence-corrected chi connectivity index (χ2v) is 17.1. The van der Waals surface area contributed by atoms with Crippen molar-refractivity contribution >= 4 is 11.9 Å². The van der Waals surface area contributed by atoms with E-state index < -0.39 is 12.1 Å². The van der Waals surface area contributed by atoms with Gasteiger partial charge < -0.3 is 20.3 Å². The molecule has 0 rings (SSSR count). The topological polar surface area (TPSA) is 95.9 Å². The Morgan fingerprint density at radius 2 is 0.857 bits per heavy atom. The number of allylic oxidation sites excluding steroid dienone is 2. The summed E-state index contributed by atoms with van der Waals surface area (Å²) in [4.78, 5) is 24.3. The third-order valence-electron chi connectivity index (χ3n) is 11.6. The van der Waals surface area contributed by atoms with E-state index in [-0.39, 0.29) is 18.5 Å². The van der Waals surface area contributed by atoms with Gasteiger partial charge in [-0.05, 0) is 44.9 Å². The number of aliphatic hydroxyl groups is 2. The largest absolute Gasteiger partial charge is 0.466 e. The summed E-state index contributed by atoms with van der Waals surface area (Å²) in [5.74, 6) is -0.0427. The van der Waals surface area contributed by atoms with E-state index in [0.29, 0.717) is 25.9 Å². The van der Waals surface area contributed by atoms with Crippen molar-refractivity contribution in [3.05, 3.63) is 12.2 Å². The number of ether oxygens (including phenoxy) is 1. The number of rotatable bonds is 46. The molecule has 0 spiro atoms. The van der Waals surface area contributed by atoms with Crippen LogP contribution >= 0.6 is 0 Å². The fraction of sp³-hybridized carbons (Fsp3) is 0.920. The van der Waals surface area contributed by atoms with Crippen molar-refractivity contribution < 1.29 is 24.5 Å². The van der Waals surface area contributed by atoms with Crippen LogP contribution in [0.1, 0.15) is 271 Å². The first-order valence-corrected chi connectivity index (χ1v) is 24.9. The molecule has 332 valence electrons. The first kappa shape index (κ1) is 54.6. The zero-order chi connectivity index (χ0) is 40.8. The average molecular weight is 792 g/mol. The summed E-state index contributed by atoms with van der Waals surface area (Å²) in [7, 11) is 0. The van der Waals surface area contributed by atoms with Crippen LogP contribution in [0.5, 0.6) is 0 Å². The first-order valence-electron chi connectivity index (χ1n) is 24.9. The van der Waals surface area contributed by atoms with Gasteiger partial charge in [0, 0.05) is 12.8 Å². The second kappa shape index (κ2) is 46.3. The molecule has 0 fully saturated rings. The SMILES string of the molecule is CCCC/C=C\CCCCCCCC(=O)OCCCCCCCCCCCCCCCCCCCCCC(=O)NC(CO)C(O)CCCCCCCCCCC. The summed E-state index contributed by atoms with van der Waals surface area (Å²) >= 11 is 0. The minimum absolute atomic E-state index is 0.00235. The van der Waals surface area contributed by atoms with Gasteiger partial charge in [0.1, 0.15) is 0 Å². The van der Waals surface area contributed by atoms with Crippen LogP contribution in [0.4, 0.5) is 0 Å². The van der Waals surface area contributed by atoms with Crippen LogP contribution in [0, 0.1) is 0 Å². The van der Waals surface area contributed by atoms with Crippen molar-refractivity contribution in [3.63, 3.8) is 0 Å². The smallest absolute Gasteiger partial charge is 0.305 e. The third-order valence-corrected chi connectivity index (χ3v) is 11.6. The zero-order valence-corrected chi connectivity index (χ0v) is 37.6. The van der Waals surface area contributed by atoms with Crippen LogP contribution < -0.4 is 5.32 Å². The summed E-state index contributed by atoms with van der Waals surface area (Å²) in [6.07, 6.45) is 51.9. The Labute approximate surface area is 349 Å². The number of carbonyl (C=O) groups is 2. The molecule has 0 aliphatic heterocycles. The number of hydrogen-bond donors (Lipinski definition) is 3. The Morgan fingerprint density at radius 3 is 1.32 bits per heavy atom. The summed E-state index contributed by atoms with van der Waals surface area (Å²) in [5.41, 5.74) is 0. The molecule has 1 amide bonds. The minimum atomic E-state index is -0.663. The normalized spacial score (nSPS) is 12.7. The van der Waals surface area contributed by atoms with Crippen LogP contribution in [0.25, 0.3) is 0 Å². The molecule has 56 heavy (non-hydrogen) atoms. The highest BCUT2D eigenvalue weighted by Gasteiger charge is 2.20. The van der Waals surface area contributed by atoms with Gasteiger partial charge >= 0.3 is 5.97 Å². The van der Waals surface area contributed by atoms with Crippen molar-refractivity contribution in [1.29, 1.82) is 0 Å². The first-order chi connectivity index (χ1) is 27.5. The molecule has 0 heterocycles. The highest BCUT2D eigenvalue weighted by Crippen LogP contribution is 2.16. The van der Waals surface area contributed by atoms with Crippen molar-refractivity contribution in [2.45, 2.75) is 283 Å². The van der Waals surface area contributed by atoms with Gasteiger partial charge in [-0.15, -0.1) is 0 Å². The lowest BCUT2D eigenvalue weighted by Crippen LogP contribution is -2.45. The summed E-state index contributed by atoms with van der Waals surface area (Å²) in [6, 6.07) is -0.540. The molecule has 0 aromatic rings. The number of hydrogen-bond acceptors (Lipinski definition) is 5. The maximum Gasteiger partial charge on any atom is 0.305 e. The van der Waals surface area contributed by atoms with Gasteiger partial charge in [-0.2, -0.15) is 0 Å². The lowest BCUT2D eigenvalue weighted by atomic mass is 10.0. The summed E-state index contributed by atoms with van der Waals surface area (Å²) in [6.45, 7) is 4.88. The van der Waals surface area contributed by atoms with Crippen LogP contribution in [-0.2, 0) is 14.3 Å². The zero-order valence-electron chi connectivity index (χ0n) is 37.6. The number of esters is 1. The fourth-order valence-electron chi connectivity index (χ4n) is 7.68. The van der Waals surface area contributed by atoms with Gasteiger partial charge in [0.15, 0.2) is 0 Å². The van der Waals surface area contributed by atoms with Crippen LogP contribution in [0.2, 0.25) is 0 Å². The molecule has 2 atom stereocenters. The second-order valence-electron chi connectivity index (χ2n) is 17.1. The molecule has 0 saturated carbocycles. The van der Waals surface area contributed by atoms with Crippen molar-refractivity contribution in [3.8, 4) is 0 Å². The standard InChI is InChI=1S/C50H97NO5/c1-3-5-7-9-11-13-23-28-32-36-40-44-50(55)56-45-41-37-33-29-25-22-20-18-16-14-15-17-19-21-24-27-31-35-39-43-49(54)51-47(46-52)48(53)42-38-34-30-26-12-10-8-6-4-2/h9,11,47-48,52-53H,3-8,10,12-46H2,1-2H3,(H,51,54)/b11-9-. The van der Waals surface area contributed by atoms with Crippen LogP contribution in [-0.4, -0.2) is 47.4 Å². The molecule has 0 radical (unpaired) electrons. The Hall–Kier alpha value is -1.40. The number of aliphatic hydroxyl groups excluding tert-OH is 2. The molecule has 0 aromatic heterocycles. The van der Waals surface area contributed by atoms with Crippen molar-refractivity contribution in [1.82, 2.24) is 5.32 Å². The minimum Gasteiger partial charge on any atom is -0.466 e. The van der Waals surface area contributed by atoms with E-state index in [2.05, 4.69) is 31.3 Å². The Balaban J connectivity index is 3.38. The molecular weight excluding hydrogens is 695 g/mol. The Morgan fingerprint density at radius 1 is 0.482 bits per heavy atom. The molecule has 3 N–H and O–H groups in total. The molecule has 2 unspecified atom stereocenters. The predicted molar refractivity (Wildman–Crippen MR) is 241 cm³/mol. The molecule has 6 heteroatoms. The number of unbranched alkanes of at least 4 members (excludes halogenated alkanes) is 33. The van der Waals surface area contributed by atoms with Gasteiger partial charge in [0.2, 0.25) is 5.91 Å². The van der Waals surface area contributed by atoms with Crippen LogP contribution in [0.3, 0.4) is 0 Å². The van der Waals surface area contributed by atoms with E-state index in [4.69, 9.17) is 4.74 Å². The van der Waals surface area contributed by atoms with Gasteiger partial charge in [-0.3, -0.25) is 9.59 Å². The molecule has 0 bridgehead atoms. The lowest BCUT2D eigenvalue weighted by molar-refractivity contribution is -0.143. The molecule has 0 aromatic carbocycles. The van der Waals surface area contributed by atoms with E-state index in [1.165, 1.54) is 193 Å². The van der Waals surface area contributed by atoms with Gasteiger partial charge in [0.25, 0.3) is 0 Å². The summed E-state index contributed by atoms with van der Waals surface area (Å²) < 4.78 is 5.44. The Bertz CT molecular complexity index is 832. The maximum atomic E-state index is 12.4. The van der Waals surface area contributed by atoms with E-state index in [9.17, 15) is 19.8 Å². The molecule has 0 aliphatic carbocycles. The molecule has 0 saturated heterocycles. The van der Waals surface area contributed by atoms with E-state index in [0.717, 1.165) is 44.9 Å². The van der Waals surface area contributed by atoms with Gasteiger partial charge in [-0.1, -0.05) is 225 Å². The molecule has 6 nitrogen and oxygen atoms in total. The van der Waals surface area contributed by atoms with Crippen molar-refractivity contribution in [2.24, 2.45) is 0 Å². The van der Waals surface area contributed by atoms with Gasteiger partial charge in [0.05, 0.1) is 25.4 Å². The van der Waals surface area contributed by atoms with E-state index in [1.807, 2.05) is 0 Å². The fourth-order valence-corrected chi connectivity index (χ4v) is 7.68. The molecular formula is C50H97NO5. The lowest BCUT2D eigenvalue weighted by Gasteiger charge is -2.22. The Kier molecular flexibility index (Phi) is 45.1. The highest BCUT2D eigenvalue weighted by molar-refractivity contribution is 5.76. The van der Waals surface area contributed by atoms with E-state index >= 15 is 0 Å².